The summed E-state index contributed by atoms with van der Waals surface area (Å²) in [4.78, 5) is 51.8. The zero-order valence-corrected chi connectivity index (χ0v) is 15.9. The van der Waals surface area contributed by atoms with Crippen LogP contribution in [0.2, 0.25) is 0 Å². The van der Waals surface area contributed by atoms with E-state index < -0.39 is 0 Å². The molecule has 2 aliphatic rings. The third kappa shape index (κ3) is 4.05. The van der Waals surface area contributed by atoms with Gasteiger partial charge in [-0.1, -0.05) is 0 Å². The van der Waals surface area contributed by atoms with Gasteiger partial charge in [0.05, 0.1) is 6.26 Å². The molecule has 4 rings (SSSR count). The van der Waals surface area contributed by atoms with Gasteiger partial charge < -0.3 is 24.0 Å². The molecule has 0 unspecified atom stereocenters. The zero-order chi connectivity index (χ0) is 20.2. The Morgan fingerprint density at radius 1 is 0.931 bits per heavy atom. The van der Waals surface area contributed by atoms with Crippen molar-refractivity contribution in [1.29, 1.82) is 0 Å². The lowest BCUT2D eigenvalue weighted by Crippen LogP contribution is -2.49. The fraction of sp³-hybridized carbons (Fsp3) is 0.421. The van der Waals surface area contributed by atoms with Crippen LogP contribution in [0.5, 0.6) is 0 Å². The van der Waals surface area contributed by atoms with Crippen molar-refractivity contribution in [3.8, 4) is 0 Å². The molecule has 10 heteroatoms. The Labute approximate surface area is 167 Å². The van der Waals surface area contributed by atoms with E-state index in [9.17, 15) is 14.4 Å². The van der Waals surface area contributed by atoms with E-state index in [1.807, 2.05) is 4.90 Å². The van der Waals surface area contributed by atoms with Crippen LogP contribution < -0.4 is 4.90 Å². The molecule has 2 saturated heterocycles. The van der Waals surface area contributed by atoms with E-state index in [-0.39, 0.29) is 11.8 Å². The van der Waals surface area contributed by atoms with Gasteiger partial charge in [0.2, 0.25) is 12.4 Å². The minimum Gasteiger partial charge on any atom is -0.459 e. The van der Waals surface area contributed by atoms with Gasteiger partial charge in [-0.2, -0.15) is 0 Å². The van der Waals surface area contributed by atoms with E-state index in [2.05, 4.69) is 9.97 Å². The average molecular weight is 398 g/mol. The number of nitrogens with zero attached hydrogens (tertiary/aromatic N) is 6. The highest BCUT2D eigenvalue weighted by Gasteiger charge is 2.26. The van der Waals surface area contributed by atoms with Crippen LogP contribution in [0.15, 0.2) is 35.1 Å². The van der Waals surface area contributed by atoms with Gasteiger partial charge in [0.25, 0.3) is 11.8 Å². The summed E-state index contributed by atoms with van der Waals surface area (Å²) in [5.41, 5.74) is 0.337. The number of hydrogen-bond acceptors (Lipinski definition) is 7. The molecular weight excluding hydrogens is 376 g/mol. The fourth-order valence-corrected chi connectivity index (χ4v) is 3.48. The Morgan fingerprint density at radius 2 is 1.62 bits per heavy atom. The van der Waals surface area contributed by atoms with Crippen LogP contribution in [0, 0.1) is 0 Å². The SMILES string of the molecule is O=CN1CCN(C(=O)c2ccnc(N3CCN(C(=O)c4ccco4)CC3)n2)CC1. The lowest BCUT2D eigenvalue weighted by Gasteiger charge is -2.34. The molecule has 0 saturated carbocycles. The first kappa shape index (κ1) is 18.9. The largest absolute Gasteiger partial charge is 0.459 e. The number of piperazine rings is 2. The summed E-state index contributed by atoms with van der Waals surface area (Å²) >= 11 is 0. The molecule has 0 radical (unpaired) electrons. The molecule has 0 N–H and O–H groups in total. The van der Waals surface area contributed by atoms with Crippen molar-refractivity contribution in [3.63, 3.8) is 0 Å². The molecule has 0 spiro atoms. The monoisotopic (exact) mass is 398 g/mol. The average Bonchev–Trinajstić information content (AvgIpc) is 3.33. The molecule has 29 heavy (non-hydrogen) atoms. The third-order valence-electron chi connectivity index (χ3n) is 5.19. The Morgan fingerprint density at radius 3 is 2.28 bits per heavy atom. The second-order valence-electron chi connectivity index (χ2n) is 6.93. The molecule has 2 aromatic heterocycles. The van der Waals surface area contributed by atoms with Gasteiger partial charge in [0, 0.05) is 58.6 Å². The van der Waals surface area contributed by atoms with Crippen molar-refractivity contribution in [2.45, 2.75) is 0 Å². The Bertz CT molecular complexity index is 871. The predicted molar refractivity (Wildman–Crippen MR) is 102 cm³/mol. The van der Waals surface area contributed by atoms with E-state index in [1.165, 1.54) is 6.26 Å². The number of aromatic nitrogens is 2. The number of amides is 3. The second-order valence-corrected chi connectivity index (χ2v) is 6.93. The minimum absolute atomic E-state index is 0.131. The predicted octanol–water partition coefficient (Wildman–Crippen LogP) is -0.0538. The molecule has 2 fully saturated rings. The van der Waals surface area contributed by atoms with Crippen LogP contribution in [0.25, 0.3) is 0 Å². The van der Waals surface area contributed by atoms with Gasteiger partial charge in [0.1, 0.15) is 5.69 Å². The molecule has 0 aliphatic carbocycles. The lowest BCUT2D eigenvalue weighted by molar-refractivity contribution is -0.119. The second kappa shape index (κ2) is 8.29. The van der Waals surface area contributed by atoms with Crippen molar-refractivity contribution in [1.82, 2.24) is 24.7 Å². The summed E-state index contributed by atoms with van der Waals surface area (Å²) < 4.78 is 5.18. The first-order chi connectivity index (χ1) is 14.2. The molecule has 0 bridgehead atoms. The molecule has 10 nitrogen and oxygen atoms in total. The van der Waals surface area contributed by atoms with Crippen molar-refractivity contribution in [2.75, 3.05) is 57.3 Å². The summed E-state index contributed by atoms with van der Waals surface area (Å²) in [6.07, 6.45) is 3.87. The summed E-state index contributed by atoms with van der Waals surface area (Å²) in [7, 11) is 0. The van der Waals surface area contributed by atoms with E-state index in [0.29, 0.717) is 69.8 Å². The highest BCUT2D eigenvalue weighted by molar-refractivity contribution is 5.93. The van der Waals surface area contributed by atoms with Crippen molar-refractivity contribution >= 4 is 24.2 Å². The van der Waals surface area contributed by atoms with Crippen molar-refractivity contribution < 1.29 is 18.8 Å². The van der Waals surface area contributed by atoms with Gasteiger partial charge in [-0.05, 0) is 18.2 Å². The minimum atomic E-state index is -0.161. The molecule has 152 valence electrons. The van der Waals surface area contributed by atoms with Crippen LogP contribution >= 0.6 is 0 Å². The number of carbonyl (C=O) groups excluding carboxylic acids is 3. The van der Waals surface area contributed by atoms with Crippen LogP contribution in [-0.4, -0.2) is 95.3 Å². The maximum Gasteiger partial charge on any atom is 0.289 e. The number of furan rings is 1. The Kier molecular flexibility index (Phi) is 5.41. The van der Waals surface area contributed by atoms with Crippen molar-refractivity contribution in [3.05, 3.63) is 42.1 Å². The van der Waals surface area contributed by atoms with Crippen LogP contribution in [0.3, 0.4) is 0 Å². The molecule has 0 atom stereocenters. The molecular formula is C19H22N6O4. The number of hydrogen-bond donors (Lipinski definition) is 0. The molecule has 2 aromatic rings. The highest BCUT2D eigenvalue weighted by Crippen LogP contribution is 2.15. The van der Waals surface area contributed by atoms with E-state index in [0.717, 1.165) is 6.41 Å². The van der Waals surface area contributed by atoms with Crippen LogP contribution in [0.1, 0.15) is 21.0 Å². The molecule has 4 heterocycles. The Balaban J connectivity index is 1.37. The molecule has 0 aromatic carbocycles. The zero-order valence-electron chi connectivity index (χ0n) is 15.9. The number of rotatable bonds is 4. The first-order valence-corrected chi connectivity index (χ1v) is 9.55. The fourth-order valence-electron chi connectivity index (χ4n) is 3.48. The summed E-state index contributed by atoms with van der Waals surface area (Å²) in [5.74, 6) is 0.518. The first-order valence-electron chi connectivity index (χ1n) is 9.55. The van der Waals surface area contributed by atoms with Gasteiger partial charge in [-0.15, -0.1) is 0 Å². The van der Waals surface area contributed by atoms with E-state index in [4.69, 9.17) is 4.42 Å². The number of anilines is 1. The normalized spacial score (nSPS) is 17.4. The maximum atomic E-state index is 12.7. The Hall–Kier alpha value is -3.43. The highest BCUT2D eigenvalue weighted by atomic mass is 16.3. The number of carbonyl (C=O) groups is 3. The maximum absolute atomic E-state index is 12.7. The summed E-state index contributed by atoms with van der Waals surface area (Å²) in [6, 6.07) is 4.95. The van der Waals surface area contributed by atoms with Gasteiger partial charge >= 0.3 is 0 Å². The third-order valence-corrected chi connectivity index (χ3v) is 5.19. The van der Waals surface area contributed by atoms with E-state index >= 15 is 0 Å². The van der Waals surface area contributed by atoms with E-state index in [1.54, 1.807) is 39.1 Å². The topological polar surface area (TPSA) is 103 Å². The van der Waals surface area contributed by atoms with Gasteiger partial charge in [-0.25, -0.2) is 9.97 Å². The van der Waals surface area contributed by atoms with Gasteiger partial charge in [-0.3, -0.25) is 14.4 Å². The quantitative estimate of drug-likeness (QED) is 0.665. The van der Waals surface area contributed by atoms with Crippen molar-refractivity contribution in [2.24, 2.45) is 0 Å². The summed E-state index contributed by atoms with van der Waals surface area (Å²) in [5, 5.41) is 0. The van der Waals surface area contributed by atoms with Crippen LogP contribution in [0.4, 0.5) is 5.95 Å². The smallest absolute Gasteiger partial charge is 0.289 e. The van der Waals surface area contributed by atoms with Crippen LogP contribution in [-0.2, 0) is 4.79 Å². The molecule has 3 amide bonds. The molecule has 2 aliphatic heterocycles. The summed E-state index contributed by atoms with van der Waals surface area (Å²) in [6.45, 7) is 4.22. The van der Waals surface area contributed by atoms with Gasteiger partial charge in [0.15, 0.2) is 5.76 Å². The standard InChI is InChI=1S/C19H22N6O4/c26-14-22-5-7-23(8-6-22)17(27)15-3-4-20-19(21-15)25-11-9-24(10-12-25)18(28)16-2-1-13-29-16/h1-4,13-14H,5-12H2. The lowest BCUT2D eigenvalue weighted by atomic mass is 10.2.